The Balaban J connectivity index is 2.91. The SMILES string of the molecule is CC(C=O)=NNc1c(F)cccc1F. The number of aldehydes is 1. The second-order valence-electron chi connectivity index (χ2n) is 2.58. The summed E-state index contributed by atoms with van der Waals surface area (Å²) in [5, 5.41) is 3.45. The van der Waals surface area contributed by atoms with E-state index in [0.29, 0.717) is 6.29 Å². The van der Waals surface area contributed by atoms with Gasteiger partial charge in [0.2, 0.25) is 0 Å². The second-order valence-corrected chi connectivity index (χ2v) is 2.58. The second kappa shape index (κ2) is 4.45. The van der Waals surface area contributed by atoms with Gasteiger partial charge in [0.1, 0.15) is 5.69 Å². The lowest BCUT2D eigenvalue weighted by molar-refractivity contribution is -0.102. The van der Waals surface area contributed by atoms with Gasteiger partial charge in [0.25, 0.3) is 0 Å². The highest BCUT2D eigenvalue weighted by molar-refractivity contribution is 6.27. The minimum atomic E-state index is -0.757. The van der Waals surface area contributed by atoms with Gasteiger partial charge in [-0.3, -0.25) is 10.2 Å². The lowest BCUT2D eigenvalue weighted by Crippen LogP contribution is -2.01. The van der Waals surface area contributed by atoms with E-state index in [9.17, 15) is 13.6 Å². The summed E-state index contributed by atoms with van der Waals surface area (Å²) in [4.78, 5) is 10.1. The molecule has 0 atom stereocenters. The van der Waals surface area contributed by atoms with Gasteiger partial charge in [-0.2, -0.15) is 5.10 Å². The number of para-hydroxylation sites is 1. The highest BCUT2D eigenvalue weighted by atomic mass is 19.1. The molecule has 74 valence electrons. The first-order valence-corrected chi connectivity index (χ1v) is 3.84. The van der Waals surface area contributed by atoms with Crippen LogP contribution in [0.15, 0.2) is 23.3 Å². The van der Waals surface area contributed by atoms with E-state index in [0.717, 1.165) is 12.1 Å². The number of hydrogen-bond donors (Lipinski definition) is 1. The predicted octanol–water partition coefficient (Wildman–Crippen LogP) is 1.95. The van der Waals surface area contributed by atoms with Crippen molar-refractivity contribution >= 4 is 17.7 Å². The van der Waals surface area contributed by atoms with Crippen molar-refractivity contribution in [1.29, 1.82) is 0 Å². The van der Waals surface area contributed by atoms with Crippen LogP contribution in [-0.4, -0.2) is 12.0 Å². The molecule has 0 aromatic heterocycles. The van der Waals surface area contributed by atoms with Gasteiger partial charge in [0.05, 0.1) is 5.71 Å². The Morgan fingerprint density at radius 3 is 2.50 bits per heavy atom. The first-order valence-electron chi connectivity index (χ1n) is 3.84. The van der Waals surface area contributed by atoms with Gasteiger partial charge in [-0.25, -0.2) is 8.78 Å². The van der Waals surface area contributed by atoms with Gasteiger partial charge in [-0.1, -0.05) is 6.07 Å². The molecule has 0 aliphatic carbocycles. The fourth-order valence-electron chi connectivity index (χ4n) is 0.775. The summed E-state index contributed by atoms with van der Waals surface area (Å²) in [6, 6.07) is 3.43. The number of nitrogens with zero attached hydrogens (tertiary/aromatic N) is 1. The van der Waals surface area contributed by atoms with Gasteiger partial charge >= 0.3 is 0 Å². The Labute approximate surface area is 79.4 Å². The summed E-state index contributed by atoms with van der Waals surface area (Å²) in [6.45, 7) is 1.42. The summed E-state index contributed by atoms with van der Waals surface area (Å²) >= 11 is 0. The first kappa shape index (κ1) is 10.3. The Kier molecular flexibility index (Phi) is 3.28. The van der Waals surface area contributed by atoms with Crippen LogP contribution in [0, 0.1) is 11.6 Å². The van der Waals surface area contributed by atoms with Crippen molar-refractivity contribution in [3.05, 3.63) is 29.8 Å². The minimum absolute atomic E-state index is 0.104. The number of hydrazone groups is 1. The van der Waals surface area contributed by atoms with Crippen molar-refractivity contribution < 1.29 is 13.6 Å². The Hall–Kier alpha value is -1.78. The molecule has 0 bridgehead atoms. The fraction of sp³-hybridized carbons (Fsp3) is 0.111. The zero-order valence-electron chi connectivity index (χ0n) is 7.42. The zero-order chi connectivity index (χ0) is 10.6. The van der Waals surface area contributed by atoms with Crippen LogP contribution in [0.25, 0.3) is 0 Å². The van der Waals surface area contributed by atoms with Gasteiger partial charge in [0, 0.05) is 0 Å². The first-order chi connectivity index (χ1) is 6.65. The minimum Gasteiger partial charge on any atom is -0.296 e. The van der Waals surface area contributed by atoms with Crippen LogP contribution < -0.4 is 5.43 Å². The fourth-order valence-corrected chi connectivity index (χ4v) is 0.775. The lowest BCUT2D eigenvalue weighted by atomic mass is 10.3. The van der Waals surface area contributed by atoms with Crippen LogP contribution in [0.2, 0.25) is 0 Å². The van der Waals surface area contributed by atoms with Crippen molar-refractivity contribution in [1.82, 2.24) is 0 Å². The molecule has 0 saturated carbocycles. The van der Waals surface area contributed by atoms with Crippen molar-refractivity contribution in [2.24, 2.45) is 5.10 Å². The molecule has 14 heavy (non-hydrogen) atoms. The number of hydrogen-bond acceptors (Lipinski definition) is 3. The molecule has 0 fully saturated rings. The largest absolute Gasteiger partial charge is 0.296 e. The molecular formula is C9H8F2N2O. The molecule has 0 amide bonds. The van der Waals surface area contributed by atoms with E-state index in [1.807, 2.05) is 0 Å². The maximum absolute atomic E-state index is 12.9. The van der Waals surface area contributed by atoms with Gasteiger partial charge in [-0.05, 0) is 19.1 Å². The third-order valence-corrected chi connectivity index (χ3v) is 1.48. The van der Waals surface area contributed by atoms with Crippen molar-refractivity contribution in [2.75, 3.05) is 5.43 Å². The Morgan fingerprint density at radius 2 is 2.00 bits per heavy atom. The number of carbonyl (C=O) groups excluding carboxylic acids is 1. The molecule has 0 aliphatic rings. The highest BCUT2D eigenvalue weighted by Crippen LogP contribution is 2.17. The average molecular weight is 198 g/mol. The number of anilines is 1. The van der Waals surface area contributed by atoms with Crippen molar-refractivity contribution in [3.63, 3.8) is 0 Å². The summed E-state index contributed by atoms with van der Waals surface area (Å²) in [5.74, 6) is -1.51. The van der Waals surface area contributed by atoms with Crippen LogP contribution in [0.5, 0.6) is 0 Å². The van der Waals surface area contributed by atoms with E-state index in [-0.39, 0.29) is 11.4 Å². The molecule has 0 heterocycles. The molecule has 0 saturated heterocycles. The van der Waals surface area contributed by atoms with E-state index in [1.54, 1.807) is 0 Å². The normalized spacial score (nSPS) is 11.2. The standard InChI is InChI=1S/C9H8F2N2O/c1-6(5-14)12-13-9-7(10)3-2-4-8(9)11/h2-5,13H,1H3. The highest BCUT2D eigenvalue weighted by Gasteiger charge is 2.06. The molecule has 1 aromatic rings. The smallest absolute Gasteiger partial charge is 0.165 e. The summed E-state index contributed by atoms with van der Waals surface area (Å²) in [5.41, 5.74) is 1.88. The quantitative estimate of drug-likeness (QED) is 0.458. The number of rotatable bonds is 3. The third-order valence-electron chi connectivity index (χ3n) is 1.48. The predicted molar refractivity (Wildman–Crippen MR) is 49.2 cm³/mol. The topological polar surface area (TPSA) is 41.5 Å². The molecule has 1 rings (SSSR count). The van der Waals surface area contributed by atoms with Gasteiger partial charge in [-0.15, -0.1) is 0 Å². The van der Waals surface area contributed by atoms with E-state index in [4.69, 9.17) is 0 Å². The summed E-state index contributed by atoms with van der Waals surface area (Å²) < 4.78 is 25.9. The molecule has 1 N–H and O–H groups in total. The molecule has 1 aromatic carbocycles. The molecule has 5 heteroatoms. The van der Waals surface area contributed by atoms with Gasteiger partial charge in [0.15, 0.2) is 17.9 Å². The third kappa shape index (κ3) is 2.35. The van der Waals surface area contributed by atoms with E-state index < -0.39 is 11.6 Å². The van der Waals surface area contributed by atoms with Crippen LogP contribution in [0.3, 0.4) is 0 Å². The number of carbonyl (C=O) groups is 1. The monoisotopic (exact) mass is 198 g/mol. The maximum atomic E-state index is 12.9. The lowest BCUT2D eigenvalue weighted by Gasteiger charge is -2.02. The molecule has 3 nitrogen and oxygen atoms in total. The Morgan fingerprint density at radius 1 is 1.43 bits per heavy atom. The number of benzene rings is 1. The zero-order valence-corrected chi connectivity index (χ0v) is 7.42. The van der Waals surface area contributed by atoms with Gasteiger partial charge < -0.3 is 0 Å². The molecule has 0 aliphatic heterocycles. The average Bonchev–Trinajstić information content (AvgIpc) is 2.16. The van der Waals surface area contributed by atoms with Crippen LogP contribution >= 0.6 is 0 Å². The van der Waals surface area contributed by atoms with Crippen LogP contribution in [0.4, 0.5) is 14.5 Å². The van der Waals surface area contributed by atoms with Crippen LogP contribution in [0.1, 0.15) is 6.92 Å². The summed E-state index contributed by atoms with van der Waals surface area (Å²) in [7, 11) is 0. The molecule has 0 unspecified atom stereocenters. The van der Waals surface area contributed by atoms with Crippen molar-refractivity contribution in [3.8, 4) is 0 Å². The molecule has 0 spiro atoms. The summed E-state index contributed by atoms with van der Waals surface area (Å²) in [6.07, 6.45) is 0.478. The van der Waals surface area contributed by atoms with Crippen molar-refractivity contribution in [2.45, 2.75) is 6.92 Å². The molecule has 0 radical (unpaired) electrons. The van der Waals surface area contributed by atoms with E-state index in [1.165, 1.54) is 13.0 Å². The Bertz CT molecular complexity index is 357. The number of halogens is 2. The van der Waals surface area contributed by atoms with Crippen LogP contribution in [-0.2, 0) is 4.79 Å². The van der Waals surface area contributed by atoms with E-state index >= 15 is 0 Å². The molecular weight excluding hydrogens is 190 g/mol. The maximum Gasteiger partial charge on any atom is 0.165 e. The number of nitrogens with one attached hydrogen (secondary N) is 1. The van der Waals surface area contributed by atoms with E-state index in [2.05, 4.69) is 10.5 Å².